The molecule has 0 radical (unpaired) electrons. The molecular formula is C13H5Cl2F3N4O. The van der Waals surface area contributed by atoms with Crippen molar-refractivity contribution < 1.29 is 18.0 Å². The van der Waals surface area contributed by atoms with E-state index in [-0.39, 0.29) is 22.1 Å². The van der Waals surface area contributed by atoms with E-state index in [1.165, 1.54) is 6.08 Å². The van der Waals surface area contributed by atoms with Crippen molar-refractivity contribution in [2.45, 2.75) is 6.18 Å². The lowest BCUT2D eigenvalue weighted by atomic mass is 10.2. The van der Waals surface area contributed by atoms with E-state index in [2.05, 4.69) is 10.1 Å². The van der Waals surface area contributed by atoms with Crippen molar-refractivity contribution >= 4 is 34.5 Å². The number of alkyl halides is 3. The predicted octanol–water partition coefficient (Wildman–Crippen LogP) is 3.59. The van der Waals surface area contributed by atoms with E-state index in [1.807, 2.05) is 6.07 Å². The van der Waals surface area contributed by atoms with Crippen LogP contribution in [0.3, 0.4) is 0 Å². The Labute approximate surface area is 137 Å². The number of allylic oxidation sites excluding steroid dienone is 1. The molecule has 23 heavy (non-hydrogen) atoms. The molecule has 0 amide bonds. The van der Waals surface area contributed by atoms with Crippen LogP contribution in [0.5, 0.6) is 0 Å². The number of nitrogens with zero attached hydrogens (tertiary/aromatic N) is 4. The van der Waals surface area contributed by atoms with Crippen molar-refractivity contribution in [3.63, 3.8) is 0 Å². The molecule has 0 aliphatic heterocycles. The van der Waals surface area contributed by atoms with Crippen LogP contribution in [0, 0.1) is 11.3 Å². The Morgan fingerprint density at radius 3 is 2.61 bits per heavy atom. The molecule has 2 aromatic heterocycles. The number of pyridine rings is 1. The van der Waals surface area contributed by atoms with Gasteiger partial charge in [0.1, 0.15) is 6.07 Å². The van der Waals surface area contributed by atoms with Crippen LogP contribution in [0.2, 0.25) is 5.02 Å². The number of carbonyl (C=O) groups excluding carboxylic acids is 1. The Morgan fingerprint density at radius 2 is 2.09 bits per heavy atom. The molecule has 0 unspecified atom stereocenters. The van der Waals surface area contributed by atoms with Gasteiger partial charge >= 0.3 is 6.18 Å². The highest BCUT2D eigenvalue weighted by Gasteiger charge is 2.32. The van der Waals surface area contributed by atoms with Crippen LogP contribution in [-0.2, 0) is 11.0 Å². The number of nitriles is 1. The van der Waals surface area contributed by atoms with E-state index >= 15 is 0 Å². The molecular weight excluding hydrogens is 356 g/mol. The first-order chi connectivity index (χ1) is 10.7. The summed E-state index contributed by atoms with van der Waals surface area (Å²) in [7, 11) is 0. The summed E-state index contributed by atoms with van der Waals surface area (Å²) in [4.78, 5) is 14.4. The van der Waals surface area contributed by atoms with Crippen LogP contribution in [0.25, 0.3) is 11.9 Å². The van der Waals surface area contributed by atoms with Crippen LogP contribution in [0.15, 0.2) is 24.5 Å². The molecule has 118 valence electrons. The summed E-state index contributed by atoms with van der Waals surface area (Å²) >= 11 is 11.0. The quantitative estimate of drug-likeness (QED) is 0.619. The fraction of sp³-hybridized carbons (Fsp3) is 0.0769. The molecule has 0 spiro atoms. The standard InChI is InChI=1S/C13H5Cl2F3N4O/c14-9-3-8(13(16,17)18)6-20-12(9)22-10(1-2-11(15)23)7(4-19)5-21-22/h1-3,5-6H/b2-1+. The zero-order valence-corrected chi connectivity index (χ0v) is 12.5. The molecule has 0 N–H and O–H groups in total. The van der Waals surface area contributed by atoms with Crippen molar-refractivity contribution in [1.82, 2.24) is 14.8 Å². The highest BCUT2D eigenvalue weighted by Crippen LogP contribution is 2.32. The van der Waals surface area contributed by atoms with Gasteiger partial charge in [-0.05, 0) is 29.8 Å². The third-order valence-corrected chi connectivity index (χ3v) is 3.05. The molecule has 0 aromatic carbocycles. The number of hydrogen-bond donors (Lipinski definition) is 0. The first-order valence-corrected chi connectivity index (χ1v) is 6.58. The van der Waals surface area contributed by atoms with Gasteiger partial charge in [0.2, 0.25) is 5.24 Å². The summed E-state index contributed by atoms with van der Waals surface area (Å²) in [6.07, 6.45) is -0.682. The molecule has 2 rings (SSSR count). The van der Waals surface area contributed by atoms with E-state index in [4.69, 9.17) is 28.5 Å². The average Bonchev–Trinajstić information content (AvgIpc) is 2.86. The number of hydrogen-bond acceptors (Lipinski definition) is 4. The third-order valence-electron chi connectivity index (χ3n) is 2.65. The lowest BCUT2D eigenvalue weighted by molar-refractivity contribution is -0.137. The highest BCUT2D eigenvalue weighted by molar-refractivity contribution is 6.66. The van der Waals surface area contributed by atoms with Crippen LogP contribution in [0.4, 0.5) is 13.2 Å². The van der Waals surface area contributed by atoms with Crippen LogP contribution < -0.4 is 0 Å². The monoisotopic (exact) mass is 360 g/mol. The van der Waals surface area contributed by atoms with Crippen LogP contribution >= 0.6 is 23.2 Å². The molecule has 0 fully saturated rings. The highest BCUT2D eigenvalue weighted by atomic mass is 35.5. The zero-order chi connectivity index (χ0) is 17.2. The van der Waals surface area contributed by atoms with Crippen LogP contribution in [-0.4, -0.2) is 20.0 Å². The van der Waals surface area contributed by atoms with Gasteiger partial charge in [-0.1, -0.05) is 11.6 Å². The second-order valence-corrected chi connectivity index (χ2v) is 4.91. The summed E-state index contributed by atoms with van der Waals surface area (Å²) < 4.78 is 38.9. The van der Waals surface area contributed by atoms with Crippen molar-refractivity contribution in [3.8, 4) is 11.9 Å². The Bertz CT molecular complexity index is 837. The van der Waals surface area contributed by atoms with Gasteiger partial charge in [-0.2, -0.15) is 23.5 Å². The van der Waals surface area contributed by atoms with E-state index in [0.717, 1.165) is 17.0 Å². The Balaban J connectivity index is 2.57. The normalized spacial score (nSPS) is 11.7. The molecule has 0 aliphatic rings. The zero-order valence-electron chi connectivity index (χ0n) is 11.0. The molecule has 0 bridgehead atoms. The summed E-state index contributed by atoms with van der Waals surface area (Å²) in [5.41, 5.74) is -0.848. The van der Waals surface area contributed by atoms with Crippen LogP contribution in [0.1, 0.15) is 16.8 Å². The largest absolute Gasteiger partial charge is 0.417 e. The maximum Gasteiger partial charge on any atom is 0.417 e. The molecule has 0 saturated carbocycles. The SMILES string of the molecule is N#Cc1cnn(-c2ncc(C(F)(F)F)cc2Cl)c1/C=C/C(=O)Cl. The Kier molecular flexibility index (Phi) is 4.73. The first kappa shape index (κ1) is 17.0. The minimum absolute atomic E-state index is 0.0666. The summed E-state index contributed by atoms with van der Waals surface area (Å²) in [5.74, 6) is -0.122. The van der Waals surface area contributed by atoms with Gasteiger partial charge in [-0.15, -0.1) is 0 Å². The van der Waals surface area contributed by atoms with E-state index in [1.54, 1.807) is 0 Å². The van der Waals surface area contributed by atoms with Gasteiger partial charge in [0, 0.05) is 6.20 Å². The fourth-order valence-corrected chi connectivity index (χ4v) is 1.97. The number of carbonyl (C=O) groups is 1. The predicted molar refractivity (Wildman–Crippen MR) is 76.0 cm³/mol. The maximum atomic E-state index is 12.6. The molecule has 0 atom stereocenters. The summed E-state index contributed by atoms with van der Waals surface area (Å²) in [6, 6.07) is 2.52. The van der Waals surface area contributed by atoms with Crippen molar-refractivity contribution in [2.75, 3.05) is 0 Å². The number of aromatic nitrogens is 3. The lowest BCUT2D eigenvalue weighted by Gasteiger charge is -2.10. The van der Waals surface area contributed by atoms with E-state index in [9.17, 15) is 18.0 Å². The molecule has 5 nitrogen and oxygen atoms in total. The molecule has 10 heteroatoms. The molecule has 0 aliphatic carbocycles. The van der Waals surface area contributed by atoms with Crippen molar-refractivity contribution in [1.29, 1.82) is 5.26 Å². The summed E-state index contributed by atoms with van der Waals surface area (Å²) in [5, 5.41) is 11.7. The topological polar surface area (TPSA) is 71.6 Å². The van der Waals surface area contributed by atoms with Gasteiger partial charge < -0.3 is 0 Å². The van der Waals surface area contributed by atoms with Gasteiger partial charge in [0.25, 0.3) is 0 Å². The van der Waals surface area contributed by atoms with E-state index in [0.29, 0.717) is 12.3 Å². The van der Waals surface area contributed by atoms with Gasteiger partial charge in [0.15, 0.2) is 5.82 Å². The second-order valence-electron chi connectivity index (χ2n) is 4.13. The maximum absolute atomic E-state index is 12.6. The Hall–Kier alpha value is -2.37. The van der Waals surface area contributed by atoms with Crippen molar-refractivity contribution in [2.24, 2.45) is 0 Å². The average molecular weight is 361 g/mol. The number of halogens is 5. The second kappa shape index (κ2) is 6.40. The molecule has 2 heterocycles. The molecule has 2 aromatic rings. The summed E-state index contributed by atoms with van der Waals surface area (Å²) in [6.45, 7) is 0. The van der Waals surface area contributed by atoms with Gasteiger partial charge in [-0.25, -0.2) is 9.67 Å². The number of rotatable bonds is 3. The van der Waals surface area contributed by atoms with Gasteiger partial charge in [-0.3, -0.25) is 4.79 Å². The Morgan fingerprint density at radius 1 is 1.39 bits per heavy atom. The van der Waals surface area contributed by atoms with Gasteiger partial charge in [0.05, 0.1) is 28.0 Å². The minimum Gasteiger partial charge on any atom is -0.276 e. The van der Waals surface area contributed by atoms with E-state index < -0.39 is 17.0 Å². The fourth-order valence-electron chi connectivity index (χ4n) is 1.66. The first-order valence-electron chi connectivity index (χ1n) is 5.83. The smallest absolute Gasteiger partial charge is 0.276 e. The van der Waals surface area contributed by atoms with Crippen molar-refractivity contribution in [3.05, 3.63) is 46.4 Å². The minimum atomic E-state index is -4.59. The lowest BCUT2D eigenvalue weighted by Crippen LogP contribution is -2.09. The third kappa shape index (κ3) is 3.70. The molecule has 0 saturated heterocycles.